The number of pyridine rings is 1. The van der Waals surface area contributed by atoms with Crippen LogP contribution < -0.4 is 5.73 Å². The molecule has 106 valence electrons. The van der Waals surface area contributed by atoms with Crippen LogP contribution in [-0.4, -0.2) is 27.6 Å². The molecule has 0 bridgehead atoms. The number of benzene rings is 1. The van der Waals surface area contributed by atoms with E-state index in [0.717, 1.165) is 16.5 Å². The zero-order chi connectivity index (χ0) is 15.0. The van der Waals surface area contributed by atoms with Gasteiger partial charge in [-0.15, -0.1) is 0 Å². The largest absolute Gasteiger partial charge is 0.464 e. The minimum absolute atomic E-state index is 0.126. The molecule has 6 heteroatoms. The van der Waals surface area contributed by atoms with Crippen molar-refractivity contribution in [2.75, 3.05) is 12.8 Å². The number of rotatable bonds is 2. The van der Waals surface area contributed by atoms with Gasteiger partial charge in [0, 0.05) is 23.2 Å². The van der Waals surface area contributed by atoms with E-state index in [1.807, 2.05) is 24.3 Å². The summed E-state index contributed by atoms with van der Waals surface area (Å²) in [5.74, 6) is 0.345. The molecule has 0 aliphatic carbocycles. The molecule has 3 rings (SSSR count). The maximum absolute atomic E-state index is 11.7. The molecule has 2 N–H and O–H groups in total. The fourth-order valence-electron chi connectivity index (χ4n) is 2.40. The van der Waals surface area contributed by atoms with Crippen molar-refractivity contribution < 1.29 is 9.53 Å². The zero-order valence-electron chi connectivity index (χ0n) is 11.7. The van der Waals surface area contributed by atoms with Crippen molar-refractivity contribution in [1.82, 2.24) is 14.5 Å². The summed E-state index contributed by atoms with van der Waals surface area (Å²) in [4.78, 5) is 20.0. The predicted octanol–water partition coefficient (Wildman–Crippen LogP) is 2.10. The molecule has 6 nitrogen and oxygen atoms in total. The van der Waals surface area contributed by atoms with Gasteiger partial charge in [0.1, 0.15) is 11.6 Å². The fourth-order valence-corrected chi connectivity index (χ4v) is 2.40. The highest BCUT2D eigenvalue weighted by molar-refractivity contribution is 5.94. The Morgan fingerprint density at radius 3 is 2.90 bits per heavy atom. The Kier molecular flexibility index (Phi) is 3.06. The van der Waals surface area contributed by atoms with Crippen LogP contribution in [0.5, 0.6) is 0 Å². The van der Waals surface area contributed by atoms with Gasteiger partial charge in [-0.3, -0.25) is 9.55 Å². The van der Waals surface area contributed by atoms with Crippen LogP contribution in [0.1, 0.15) is 16.3 Å². The highest BCUT2D eigenvalue weighted by Crippen LogP contribution is 2.27. The highest BCUT2D eigenvalue weighted by Gasteiger charge is 2.20. The molecule has 0 saturated carbocycles. The molecular weight excluding hydrogens is 268 g/mol. The van der Waals surface area contributed by atoms with Crippen LogP contribution in [-0.2, 0) is 4.74 Å². The summed E-state index contributed by atoms with van der Waals surface area (Å²) in [7, 11) is 1.31. The van der Waals surface area contributed by atoms with Crippen LogP contribution in [0.25, 0.3) is 16.5 Å². The van der Waals surface area contributed by atoms with E-state index in [0.29, 0.717) is 5.82 Å². The van der Waals surface area contributed by atoms with Gasteiger partial charge in [0.15, 0.2) is 5.69 Å². The smallest absolute Gasteiger partial charge is 0.360 e. The van der Waals surface area contributed by atoms with E-state index in [-0.39, 0.29) is 11.5 Å². The van der Waals surface area contributed by atoms with Crippen LogP contribution in [0.4, 0.5) is 5.82 Å². The molecule has 2 aromatic heterocycles. The number of aromatic nitrogens is 3. The minimum Gasteiger partial charge on any atom is -0.464 e. The summed E-state index contributed by atoms with van der Waals surface area (Å²) in [6, 6.07) is 7.71. The van der Waals surface area contributed by atoms with Crippen LogP contribution in [0.3, 0.4) is 0 Å². The van der Waals surface area contributed by atoms with Crippen LogP contribution in [0, 0.1) is 6.92 Å². The molecule has 3 aromatic rings. The zero-order valence-corrected chi connectivity index (χ0v) is 11.7. The van der Waals surface area contributed by atoms with E-state index >= 15 is 0 Å². The lowest BCUT2D eigenvalue weighted by Crippen LogP contribution is -2.08. The lowest BCUT2D eigenvalue weighted by Gasteiger charge is -2.11. The van der Waals surface area contributed by atoms with Crippen molar-refractivity contribution in [3.8, 4) is 5.69 Å². The van der Waals surface area contributed by atoms with E-state index < -0.39 is 5.97 Å². The van der Waals surface area contributed by atoms with Gasteiger partial charge in [-0.1, -0.05) is 12.1 Å². The molecule has 0 spiro atoms. The quantitative estimate of drug-likeness (QED) is 0.728. The molecule has 2 heterocycles. The Hall–Kier alpha value is -2.89. The second-order valence-electron chi connectivity index (χ2n) is 4.59. The molecule has 0 unspecified atom stereocenters. The van der Waals surface area contributed by atoms with Gasteiger partial charge in [-0.05, 0) is 19.1 Å². The van der Waals surface area contributed by atoms with E-state index in [4.69, 9.17) is 10.5 Å². The lowest BCUT2D eigenvalue weighted by atomic mass is 10.1. The number of nitrogens with two attached hydrogens (primary N) is 1. The first kappa shape index (κ1) is 13.1. The molecule has 0 aliphatic rings. The third-order valence-corrected chi connectivity index (χ3v) is 3.36. The van der Waals surface area contributed by atoms with Gasteiger partial charge >= 0.3 is 5.97 Å². The third kappa shape index (κ3) is 2.01. The Morgan fingerprint density at radius 2 is 2.14 bits per heavy atom. The molecule has 0 saturated heterocycles. The van der Waals surface area contributed by atoms with Gasteiger partial charge in [-0.2, -0.15) is 0 Å². The summed E-state index contributed by atoms with van der Waals surface area (Å²) >= 11 is 0. The van der Waals surface area contributed by atoms with Gasteiger partial charge in [0.25, 0.3) is 0 Å². The number of methoxy groups -OCH3 is 1. The number of nitrogen functional groups attached to an aromatic ring is 1. The summed E-state index contributed by atoms with van der Waals surface area (Å²) in [5.41, 5.74) is 7.07. The number of anilines is 1. The number of fused-ring (bicyclic) bond motifs is 1. The number of carbonyl (C=O) groups is 1. The van der Waals surface area contributed by atoms with E-state index in [2.05, 4.69) is 9.97 Å². The van der Waals surface area contributed by atoms with Crippen molar-refractivity contribution in [2.45, 2.75) is 6.92 Å². The normalized spacial score (nSPS) is 10.8. The number of ether oxygens (including phenoxy) is 1. The molecular formula is C15H14N4O2. The van der Waals surface area contributed by atoms with Crippen molar-refractivity contribution in [3.63, 3.8) is 0 Å². The van der Waals surface area contributed by atoms with Gasteiger partial charge in [-0.25, -0.2) is 9.78 Å². The van der Waals surface area contributed by atoms with E-state index in [1.165, 1.54) is 7.11 Å². The molecule has 1 aromatic carbocycles. The maximum atomic E-state index is 11.7. The fraction of sp³-hybridized carbons (Fsp3) is 0.133. The van der Waals surface area contributed by atoms with Crippen molar-refractivity contribution >= 4 is 22.6 Å². The summed E-state index contributed by atoms with van der Waals surface area (Å²) in [6.07, 6.45) is 3.50. The second-order valence-corrected chi connectivity index (χ2v) is 4.59. The minimum atomic E-state index is -0.545. The van der Waals surface area contributed by atoms with E-state index in [9.17, 15) is 4.79 Å². The maximum Gasteiger partial charge on any atom is 0.360 e. The molecule has 21 heavy (non-hydrogen) atoms. The van der Waals surface area contributed by atoms with Gasteiger partial charge < -0.3 is 10.5 Å². The third-order valence-electron chi connectivity index (χ3n) is 3.36. The molecule has 0 amide bonds. The monoisotopic (exact) mass is 282 g/mol. The topological polar surface area (TPSA) is 83.0 Å². The Bertz CT molecular complexity index is 834. The first-order chi connectivity index (χ1) is 10.1. The van der Waals surface area contributed by atoms with Crippen LogP contribution in [0.2, 0.25) is 0 Å². The lowest BCUT2D eigenvalue weighted by molar-refractivity contribution is 0.0596. The standard InChI is InChI=1S/C15H14N4O2/c1-9-18-13(15(20)21-2)14(16)19(9)12-5-3-4-10-8-17-7-6-11(10)12/h3-8H,16H2,1-2H3. The number of hydrogen-bond acceptors (Lipinski definition) is 5. The number of carbonyl (C=O) groups excluding carboxylic acids is 1. The number of hydrogen-bond donors (Lipinski definition) is 1. The average Bonchev–Trinajstić information content (AvgIpc) is 2.81. The Morgan fingerprint density at radius 1 is 1.33 bits per heavy atom. The molecule has 0 fully saturated rings. The van der Waals surface area contributed by atoms with Crippen molar-refractivity contribution in [3.05, 3.63) is 48.2 Å². The summed E-state index contributed by atoms with van der Waals surface area (Å²) in [6.45, 7) is 1.79. The SMILES string of the molecule is COC(=O)c1nc(C)n(-c2cccc3cnccc23)c1N. The van der Waals surface area contributed by atoms with E-state index in [1.54, 1.807) is 23.9 Å². The predicted molar refractivity (Wildman–Crippen MR) is 79.4 cm³/mol. The summed E-state index contributed by atoms with van der Waals surface area (Å²) in [5, 5.41) is 1.97. The number of esters is 1. The molecule has 0 aliphatic heterocycles. The van der Waals surface area contributed by atoms with Crippen LogP contribution in [0.15, 0.2) is 36.7 Å². The second kappa shape index (κ2) is 4.90. The van der Waals surface area contributed by atoms with Crippen LogP contribution >= 0.6 is 0 Å². The summed E-state index contributed by atoms with van der Waals surface area (Å²) < 4.78 is 6.45. The number of nitrogens with zero attached hydrogens (tertiary/aromatic N) is 3. The number of imidazole rings is 1. The first-order valence-corrected chi connectivity index (χ1v) is 6.39. The Labute approximate surface area is 121 Å². The molecule has 0 radical (unpaired) electrons. The number of aryl methyl sites for hydroxylation is 1. The van der Waals surface area contributed by atoms with Gasteiger partial charge in [0.2, 0.25) is 0 Å². The highest BCUT2D eigenvalue weighted by atomic mass is 16.5. The first-order valence-electron chi connectivity index (χ1n) is 6.39. The average molecular weight is 282 g/mol. The molecule has 0 atom stereocenters. The van der Waals surface area contributed by atoms with Crippen molar-refractivity contribution in [1.29, 1.82) is 0 Å². The Balaban J connectivity index is 2.29. The van der Waals surface area contributed by atoms with Crippen molar-refractivity contribution in [2.24, 2.45) is 0 Å². The van der Waals surface area contributed by atoms with Gasteiger partial charge in [0.05, 0.1) is 12.8 Å².